The summed E-state index contributed by atoms with van der Waals surface area (Å²) in [5, 5.41) is 39.8. The van der Waals surface area contributed by atoms with E-state index in [1.807, 2.05) is 20.8 Å². The molecule has 1 heterocycles. The first-order chi connectivity index (χ1) is 39.8. The smallest absolute Gasteiger partial charge is 0.245 e. The van der Waals surface area contributed by atoms with Gasteiger partial charge < -0.3 is 76.1 Å². The van der Waals surface area contributed by atoms with Gasteiger partial charge in [0.05, 0.1) is 30.7 Å². The van der Waals surface area contributed by atoms with E-state index in [4.69, 9.17) is 28.7 Å². The number of nitrogens with two attached hydrogens (primary N) is 5. The lowest BCUT2D eigenvalue weighted by Crippen LogP contribution is -2.56. The van der Waals surface area contributed by atoms with Gasteiger partial charge in [0.15, 0.2) is 17.3 Å². The predicted octanol–water partition coefficient (Wildman–Crippen LogP) is -2.34. The Labute approximate surface area is 492 Å². The number of carbonyl (C=O) groups excluding carboxylic acids is 12. The van der Waals surface area contributed by atoms with Gasteiger partial charge in [-0.05, 0) is 116 Å². The fraction of sp³-hybridized carbons (Fsp3) is 0.690. The highest BCUT2D eigenvalue weighted by Crippen LogP contribution is 2.20. The summed E-state index contributed by atoms with van der Waals surface area (Å²) in [7, 11) is 0. The number of aliphatic hydroxyl groups is 2. The average Bonchev–Trinajstić information content (AvgIpc) is 3.63. The van der Waals surface area contributed by atoms with Crippen molar-refractivity contribution in [3.8, 4) is 0 Å². The summed E-state index contributed by atoms with van der Waals surface area (Å²) in [6, 6.07) is 0.0274. The predicted molar refractivity (Wildman–Crippen MR) is 312 cm³/mol. The summed E-state index contributed by atoms with van der Waals surface area (Å²) in [6.07, 6.45) is -4.62. The number of aliphatic hydroxyl groups excluding tert-OH is 2. The van der Waals surface area contributed by atoms with Crippen LogP contribution < -0.4 is 65.9 Å². The van der Waals surface area contributed by atoms with Crippen LogP contribution in [0.4, 0.5) is 0 Å². The number of hydrogen-bond acceptors (Lipinski definition) is 19. The van der Waals surface area contributed by atoms with E-state index in [2.05, 4.69) is 37.2 Å². The first-order valence-electron chi connectivity index (χ1n) is 29.5. The van der Waals surface area contributed by atoms with Crippen LogP contribution in [0.5, 0.6) is 0 Å². The van der Waals surface area contributed by atoms with E-state index in [1.165, 1.54) is 13.8 Å². The van der Waals surface area contributed by atoms with Crippen molar-refractivity contribution in [1.82, 2.24) is 37.2 Å². The van der Waals surface area contributed by atoms with Crippen molar-refractivity contribution in [2.45, 2.75) is 186 Å². The van der Waals surface area contributed by atoms with E-state index in [9.17, 15) is 67.7 Å². The van der Waals surface area contributed by atoms with E-state index in [-0.39, 0.29) is 109 Å². The Hall–Kier alpha value is -6.42. The molecule has 1 aliphatic rings. The van der Waals surface area contributed by atoms with Crippen LogP contribution in [0, 0.1) is 29.6 Å². The van der Waals surface area contributed by atoms with Gasteiger partial charge in [-0.2, -0.15) is 0 Å². The van der Waals surface area contributed by atoms with Crippen LogP contribution in [-0.4, -0.2) is 168 Å². The van der Waals surface area contributed by atoms with Crippen molar-refractivity contribution < 1.29 is 67.7 Å². The summed E-state index contributed by atoms with van der Waals surface area (Å²) in [5.74, 6) is -13.6. The zero-order chi connectivity index (χ0) is 63.1. The molecule has 12 atom stereocenters. The van der Waals surface area contributed by atoms with Crippen molar-refractivity contribution in [2.24, 2.45) is 58.3 Å². The lowest BCUT2D eigenvalue weighted by Gasteiger charge is -2.28. The fourth-order valence-corrected chi connectivity index (χ4v) is 9.83. The van der Waals surface area contributed by atoms with Crippen molar-refractivity contribution in [3.05, 3.63) is 35.9 Å². The lowest BCUT2D eigenvalue weighted by molar-refractivity contribution is -0.137. The first kappa shape index (κ1) is 73.7. The second kappa shape index (κ2) is 39.2. The van der Waals surface area contributed by atoms with Crippen LogP contribution >= 0.6 is 0 Å². The first-order valence-corrected chi connectivity index (χ1v) is 29.5. The Morgan fingerprint density at radius 1 is 0.631 bits per heavy atom. The zero-order valence-corrected chi connectivity index (χ0v) is 49.6. The van der Waals surface area contributed by atoms with Crippen molar-refractivity contribution in [1.29, 1.82) is 0 Å². The summed E-state index contributed by atoms with van der Waals surface area (Å²) < 4.78 is 0. The van der Waals surface area contributed by atoms with Crippen LogP contribution in [0.15, 0.2) is 30.3 Å². The van der Waals surface area contributed by atoms with Crippen molar-refractivity contribution >= 4 is 70.3 Å². The molecule has 7 amide bonds. The highest BCUT2D eigenvalue weighted by molar-refractivity contribution is 6.02. The van der Waals surface area contributed by atoms with Crippen LogP contribution in [0.25, 0.3) is 0 Å². The van der Waals surface area contributed by atoms with Gasteiger partial charge in [0.25, 0.3) is 0 Å². The van der Waals surface area contributed by atoms with E-state index >= 15 is 0 Å². The summed E-state index contributed by atoms with van der Waals surface area (Å²) in [4.78, 5) is 167. The van der Waals surface area contributed by atoms with Crippen LogP contribution in [-0.2, 0) is 64.0 Å². The zero-order valence-electron chi connectivity index (χ0n) is 49.6. The number of hydrogen-bond donors (Lipinski definition) is 14. The fourth-order valence-electron chi connectivity index (χ4n) is 9.83. The van der Waals surface area contributed by atoms with E-state index in [0.29, 0.717) is 12.0 Å². The molecule has 2 rings (SSSR count). The number of amides is 7. The molecule has 26 heteroatoms. The highest BCUT2D eigenvalue weighted by atomic mass is 16.3. The molecule has 0 saturated carbocycles. The molecule has 0 aliphatic carbocycles. The van der Waals surface area contributed by atoms with Crippen LogP contribution in [0.1, 0.15) is 136 Å². The molecule has 1 saturated heterocycles. The van der Waals surface area contributed by atoms with E-state index in [0.717, 1.165) is 6.42 Å². The quantitative estimate of drug-likeness (QED) is 0.0359. The summed E-state index contributed by atoms with van der Waals surface area (Å²) in [5.41, 5.74) is 30.1. The normalized spacial score (nSPS) is 22.9. The number of benzene rings is 1. The topological polar surface area (TPSA) is 460 Å². The monoisotopic (exact) mass is 1180 g/mol. The van der Waals surface area contributed by atoms with Gasteiger partial charge in [0, 0.05) is 62.3 Å². The molecule has 26 nitrogen and oxygen atoms in total. The minimum absolute atomic E-state index is 0.00139. The lowest BCUT2D eigenvalue weighted by atomic mass is 9.89. The molecule has 0 bridgehead atoms. The second-order valence-electron chi connectivity index (χ2n) is 22.3. The number of nitrogens with one attached hydrogen (secondary N) is 7. The largest absolute Gasteiger partial charge is 0.391 e. The summed E-state index contributed by atoms with van der Waals surface area (Å²) in [6.45, 7) is 7.05. The van der Waals surface area contributed by atoms with Gasteiger partial charge in [0.2, 0.25) is 41.4 Å². The van der Waals surface area contributed by atoms with E-state index < -0.39 is 169 Å². The standard InChI is InChI=1S/C58H96N12O14/c1-6-7-13-41(73)32-42(74)28-37(14-20-59)53(79)69-50(34(4)71)49(77)30-39(16-22-61)52(78)67-45-19-25-64-58(84)51(35(5)72)70-54(80)38(15-21-60)29-47(75)43(17-23-62)66-57(83)46(26-33(2)3)68-55(81)40(27-36-11-9-8-10-12-36)31-48(76)44(18-24-63)65-56(45)82/h8-12,33-35,37-40,43-46,50-51,71-72H,6-7,13-32,59-63H2,1-5H3,(H,64,84)(H,65,82)(H,66,83)(H,67,78)(H,68,81)(H,69,79)(H,70,80)/t34-,35-,37-,38-,39-,40+,43+,44+,45+,46+,50+,51+/m1/s1. The number of ketones is 5. The highest BCUT2D eigenvalue weighted by Gasteiger charge is 2.38. The molecule has 0 spiro atoms. The third-order valence-corrected chi connectivity index (χ3v) is 14.6. The minimum atomic E-state index is -1.64. The Kier molecular flexibility index (Phi) is 34.4. The maximum absolute atomic E-state index is 14.6. The molecule has 0 unspecified atom stereocenters. The molecule has 1 aromatic carbocycles. The number of Topliss-reactive ketones (excluding diaryl/α,β-unsaturated/α-hetero) is 5. The Morgan fingerprint density at radius 3 is 1.71 bits per heavy atom. The third-order valence-electron chi connectivity index (χ3n) is 14.6. The van der Waals surface area contributed by atoms with Gasteiger partial charge in [-0.3, -0.25) is 57.5 Å². The molecule has 1 fully saturated rings. The molecule has 19 N–H and O–H groups in total. The molecule has 84 heavy (non-hydrogen) atoms. The van der Waals surface area contributed by atoms with Gasteiger partial charge in [0.1, 0.15) is 35.7 Å². The van der Waals surface area contributed by atoms with Crippen LogP contribution in [0.3, 0.4) is 0 Å². The number of carbonyl (C=O) groups is 12. The molecular formula is C58H96N12O14. The second-order valence-corrected chi connectivity index (χ2v) is 22.3. The number of unbranched alkanes of at least 4 members (excludes halogenated alkanes) is 1. The minimum Gasteiger partial charge on any atom is -0.391 e. The molecular weight excluding hydrogens is 1090 g/mol. The maximum Gasteiger partial charge on any atom is 0.245 e. The molecule has 1 aliphatic heterocycles. The summed E-state index contributed by atoms with van der Waals surface area (Å²) >= 11 is 0. The Morgan fingerprint density at radius 2 is 1.18 bits per heavy atom. The Balaban J connectivity index is 2.70. The van der Waals surface area contributed by atoms with Gasteiger partial charge in [-0.15, -0.1) is 0 Å². The molecule has 0 aromatic heterocycles. The van der Waals surface area contributed by atoms with Gasteiger partial charge >= 0.3 is 0 Å². The van der Waals surface area contributed by atoms with Gasteiger partial charge in [-0.1, -0.05) is 57.5 Å². The SMILES string of the molecule is CCCCC(=O)CC(=O)C[C@@H](CCN)C(=O)N[C@H](C(=O)C[C@@H](CCN)C(=O)N[C@H]1CCNC(=O)[C@H]([C@@H](C)O)NC(=O)[C@H](CCN)CC(=O)[C@H](CCN)NC(=O)[C@H](CC(C)C)NC(=O)[C@@H](Cc2ccccc2)CC(=O)[C@H](CCN)NC1=O)[C@@H](C)O. The van der Waals surface area contributed by atoms with Gasteiger partial charge in [-0.25, -0.2) is 0 Å². The molecule has 0 radical (unpaired) electrons. The molecule has 472 valence electrons. The number of rotatable bonds is 30. The van der Waals surface area contributed by atoms with Crippen LogP contribution in [0.2, 0.25) is 0 Å². The van der Waals surface area contributed by atoms with E-state index in [1.54, 1.807) is 30.3 Å². The molecule has 1 aromatic rings. The maximum atomic E-state index is 14.6. The van der Waals surface area contributed by atoms with Crippen molar-refractivity contribution in [3.63, 3.8) is 0 Å². The average molecular weight is 1190 g/mol. The van der Waals surface area contributed by atoms with Crippen molar-refractivity contribution in [2.75, 3.05) is 39.3 Å². The third kappa shape index (κ3) is 26.2. The Bertz CT molecular complexity index is 2340.